The van der Waals surface area contributed by atoms with E-state index in [4.69, 9.17) is 23.2 Å². The molecule has 0 nitrogen and oxygen atoms in total. The lowest BCUT2D eigenvalue weighted by molar-refractivity contribution is 0.803. The van der Waals surface area contributed by atoms with Gasteiger partial charge in [0.2, 0.25) is 0 Å². The van der Waals surface area contributed by atoms with E-state index in [0.29, 0.717) is 0 Å². The predicted molar refractivity (Wildman–Crippen MR) is 55.1 cm³/mol. The monoisotopic (exact) mass is 202 g/mol. The highest BCUT2D eigenvalue weighted by Crippen LogP contribution is 2.13. The van der Waals surface area contributed by atoms with Crippen molar-refractivity contribution in [3.8, 4) is 0 Å². The van der Waals surface area contributed by atoms with Gasteiger partial charge in [-0.1, -0.05) is 23.7 Å². The average Bonchev–Trinajstić information content (AvgIpc) is 2.01. The van der Waals surface area contributed by atoms with Crippen molar-refractivity contribution in [2.75, 3.05) is 0 Å². The van der Waals surface area contributed by atoms with Crippen molar-refractivity contribution in [3.63, 3.8) is 0 Å². The first-order valence-electron chi connectivity index (χ1n) is 4.07. The Morgan fingerprint density at radius 3 is 2.75 bits per heavy atom. The zero-order valence-corrected chi connectivity index (χ0v) is 8.57. The summed E-state index contributed by atoms with van der Waals surface area (Å²) in [7, 11) is 0. The van der Waals surface area contributed by atoms with Gasteiger partial charge in [0, 0.05) is 10.4 Å². The summed E-state index contributed by atoms with van der Waals surface area (Å²) in [6.45, 7) is 2.01. The highest BCUT2D eigenvalue weighted by atomic mass is 35.5. The fraction of sp³-hybridized carbons (Fsp3) is 0.400. The first-order valence-corrected chi connectivity index (χ1v) is 4.88. The Labute approximate surface area is 83.5 Å². The van der Waals surface area contributed by atoms with Crippen LogP contribution in [-0.2, 0) is 6.42 Å². The van der Waals surface area contributed by atoms with Crippen molar-refractivity contribution in [1.82, 2.24) is 0 Å². The molecule has 0 saturated carbocycles. The molecule has 0 N–H and O–H groups in total. The SMILES string of the molecule is CC(Cl)CCc1cccc(Cl)c1. The summed E-state index contributed by atoms with van der Waals surface area (Å²) in [5, 5.41) is 1.04. The second-order valence-electron chi connectivity index (χ2n) is 2.95. The summed E-state index contributed by atoms with van der Waals surface area (Å²) in [5.74, 6) is 0. The summed E-state index contributed by atoms with van der Waals surface area (Å²) in [4.78, 5) is 0. The predicted octanol–water partition coefficient (Wildman–Crippen LogP) is 3.90. The minimum atomic E-state index is 0.240. The molecule has 0 fully saturated rings. The third-order valence-electron chi connectivity index (χ3n) is 1.72. The molecular weight excluding hydrogens is 191 g/mol. The number of aryl methyl sites for hydroxylation is 1. The number of rotatable bonds is 3. The molecule has 0 saturated heterocycles. The molecule has 12 heavy (non-hydrogen) atoms. The van der Waals surface area contributed by atoms with Gasteiger partial charge in [0.25, 0.3) is 0 Å². The van der Waals surface area contributed by atoms with Gasteiger partial charge in [0.1, 0.15) is 0 Å². The average molecular weight is 203 g/mol. The van der Waals surface area contributed by atoms with E-state index >= 15 is 0 Å². The molecule has 0 amide bonds. The van der Waals surface area contributed by atoms with E-state index in [1.807, 2.05) is 25.1 Å². The van der Waals surface area contributed by atoms with Gasteiger partial charge in [-0.2, -0.15) is 0 Å². The third-order valence-corrected chi connectivity index (χ3v) is 2.17. The molecule has 0 aromatic heterocycles. The lowest BCUT2D eigenvalue weighted by Gasteiger charge is -2.02. The van der Waals surface area contributed by atoms with Crippen LogP contribution in [0.15, 0.2) is 24.3 Å². The Morgan fingerprint density at radius 2 is 2.17 bits per heavy atom. The second-order valence-corrected chi connectivity index (χ2v) is 4.13. The molecule has 1 aromatic rings. The fourth-order valence-corrected chi connectivity index (χ4v) is 1.38. The molecule has 0 bridgehead atoms. The number of hydrogen-bond donors (Lipinski definition) is 0. The Bertz CT molecular complexity index is 243. The number of alkyl halides is 1. The smallest absolute Gasteiger partial charge is 0.0408 e. The molecule has 1 atom stereocenters. The molecule has 0 aliphatic carbocycles. The highest BCUT2D eigenvalue weighted by molar-refractivity contribution is 6.30. The summed E-state index contributed by atoms with van der Waals surface area (Å²) in [6.07, 6.45) is 2.01. The quantitative estimate of drug-likeness (QED) is 0.653. The summed E-state index contributed by atoms with van der Waals surface area (Å²) >= 11 is 11.7. The summed E-state index contributed by atoms with van der Waals surface area (Å²) in [5.41, 5.74) is 1.26. The molecule has 1 aromatic carbocycles. The van der Waals surface area contributed by atoms with Crippen LogP contribution in [0.1, 0.15) is 18.9 Å². The highest BCUT2D eigenvalue weighted by Gasteiger charge is 1.98. The molecule has 66 valence electrons. The van der Waals surface area contributed by atoms with E-state index in [1.54, 1.807) is 0 Å². The molecule has 1 rings (SSSR count). The minimum absolute atomic E-state index is 0.240. The Morgan fingerprint density at radius 1 is 1.42 bits per heavy atom. The van der Waals surface area contributed by atoms with E-state index in [1.165, 1.54) is 5.56 Å². The number of benzene rings is 1. The third kappa shape index (κ3) is 3.46. The van der Waals surface area contributed by atoms with Gasteiger partial charge in [-0.3, -0.25) is 0 Å². The van der Waals surface area contributed by atoms with Gasteiger partial charge in [-0.05, 0) is 37.5 Å². The Hall–Kier alpha value is -0.200. The van der Waals surface area contributed by atoms with Crippen LogP contribution in [0.4, 0.5) is 0 Å². The van der Waals surface area contributed by atoms with Crippen molar-refractivity contribution in [2.24, 2.45) is 0 Å². The second kappa shape index (κ2) is 4.74. The summed E-state index contributed by atoms with van der Waals surface area (Å²) < 4.78 is 0. The topological polar surface area (TPSA) is 0 Å². The van der Waals surface area contributed by atoms with Gasteiger partial charge in [-0.25, -0.2) is 0 Å². The zero-order chi connectivity index (χ0) is 8.97. The zero-order valence-electron chi connectivity index (χ0n) is 7.06. The molecule has 2 heteroatoms. The molecule has 0 radical (unpaired) electrons. The molecule has 1 unspecified atom stereocenters. The van der Waals surface area contributed by atoms with Crippen LogP contribution >= 0.6 is 23.2 Å². The maximum Gasteiger partial charge on any atom is 0.0408 e. The molecule has 0 spiro atoms. The van der Waals surface area contributed by atoms with E-state index in [9.17, 15) is 0 Å². The minimum Gasteiger partial charge on any atom is -0.123 e. The first kappa shape index (κ1) is 9.88. The van der Waals surface area contributed by atoms with Crippen molar-refractivity contribution in [2.45, 2.75) is 25.1 Å². The van der Waals surface area contributed by atoms with Gasteiger partial charge in [0.05, 0.1) is 0 Å². The normalized spacial score (nSPS) is 12.9. The van der Waals surface area contributed by atoms with E-state index in [-0.39, 0.29) is 5.38 Å². The largest absolute Gasteiger partial charge is 0.123 e. The van der Waals surface area contributed by atoms with Crippen LogP contribution in [0.3, 0.4) is 0 Å². The van der Waals surface area contributed by atoms with Crippen LogP contribution < -0.4 is 0 Å². The van der Waals surface area contributed by atoms with Crippen LogP contribution in [0.2, 0.25) is 5.02 Å². The van der Waals surface area contributed by atoms with E-state index in [0.717, 1.165) is 17.9 Å². The first-order chi connectivity index (χ1) is 5.68. The van der Waals surface area contributed by atoms with Crippen molar-refractivity contribution in [1.29, 1.82) is 0 Å². The van der Waals surface area contributed by atoms with E-state index in [2.05, 4.69) is 6.07 Å². The molecular formula is C10H12Cl2. The van der Waals surface area contributed by atoms with Crippen LogP contribution in [0, 0.1) is 0 Å². The maximum absolute atomic E-state index is 5.83. The number of hydrogen-bond acceptors (Lipinski definition) is 0. The number of halogens is 2. The van der Waals surface area contributed by atoms with Crippen LogP contribution in [0.25, 0.3) is 0 Å². The van der Waals surface area contributed by atoms with Crippen LogP contribution in [-0.4, -0.2) is 5.38 Å². The van der Waals surface area contributed by atoms with Gasteiger partial charge in [-0.15, -0.1) is 11.6 Å². The van der Waals surface area contributed by atoms with Crippen molar-refractivity contribution >= 4 is 23.2 Å². The molecule has 0 aliphatic heterocycles. The van der Waals surface area contributed by atoms with Crippen molar-refractivity contribution < 1.29 is 0 Å². The standard InChI is InChI=1S/C10H12Cl2/c1-8(11)5-6-9-3-2-4-10(12)7-9/h2-4,7-8H,5-6H2,1H3. The van der Waals surface area contributed by atoms with Gasteiger partial charge in [0.15, 0.2) is 0 Å². The lowest BCUT2D eigenvalue weighted by atomic mass is 10.1. The fourth-order valence-electron chi connectivity index (χ4n) is 1.06. The van der Waals surface area contributed by atoms with Crippen molar-refractivity contribution in [3.05, 3.63) is 34.9 Å². The summed E-state index contributed by atoms with van der Waals surface area (Å²) in [6, 6.07) is 7.91. The van der Waals surface area contributed by atoms with E-state index < -0.39 is 0 Å². The van der Waals surface area contributed by atoms with Gasteiger partial charge >= 0.3 is 0 Å². The molecule has 0 aliphatic rings. The lowest BCUT2D eigenvalue weighted by Crippen LogP contribution is -1.94. The maximum atomic E-state index is 5.83. The van der Waals surface area contributed by atoms with Crippen LogP contribution in [0.5, 0.6) is 0 Å². The Kier molecular flexibility index (Phi) is 3.90. The molecule has 0 heterocycles. The van der Waals surface area contributed by atoms with Gasteiger partial charge < -0.3 is 0 Å². The Balaban J connectivity index is 2.52.